The van der Waals surface area contributed by atoms with Gasteiger partial charge in [0.1, 0.15) is 5.82 Å². The number of nitriles is 1. The van der Waals surface area contributed by atoms with Crippen LogP contribution < -0.4 is 0 Å². The summed E-state index contributed by atoms with van der Waals surface area (Å²) in [4.78, 5) is 2.52. The Morgan fingerprint density at radius 3 is 2.36 bits per heavy atom. The van der Waals surface area contributed by atoms with E-state index in [1.54, 1.807) is 0 Å². The lowest BCUT2D eigenvalue weighted by Crippen LogP contribution is -2.32. The first kappa shape index (κ1) is 20.6. The number of halogens is 1. The zero-order chi connectivity index (χ0) is 19.8. The van der Waals surface area contributed by atoms with Crippen molar-refractivity contribution >= 4 is 0 Å². The SMILES string of the molecule is CCCN(CCCC(C#N)(c1ccc(F)cc1)C1CC1)CCc1ccccc1. The van der Waals surface area contributed by atoms with Gasteiger partial charge in [0.05, 0.1) is 11.5 Å². The first-order chi connectivity index (χ1) is 13.7. The van der Waals surface area contributed by atoms with E-state index in [1.165, 1.54) is 17.7 Å². The van der Waals surface area contributed by atoms with Crippen LogP contribution in [0.1, 0.15) is 50.2 Å². The Kier molecular flexibility index (Phi) is 7.23. The average molecular weight is 379 g/mol. The first-order valence-electron chi connectivity index (χ1n) is 10.6. The predicted molar refractivity (Wildman–Crippen MR) is 113 cm³/mol. The van der Waals surface area contributed by atoms with Crippen LogP contribution in [0.4, 0.5) is 4.39 Å². The van der Waals surface area contributed by atoms with Crippen LogP contribution in [-0.2, 0) is 11.8 Å². The minimum absolute atomic E-state index is 0.235. The second kappa shape index (κ2) is 9.85. The summed E-state index contributed by atoms with van der Waals surface area (Å²) in [6.07, 6.45) is 6.26. The van der Waals surface area contributed by atoms with E-state index in [4.69, 9.17) is 0 Å². The largest absolute Gasteiger partial charge is 0.303 e. The third kappa shape index (κ3) is 5.20. The molecule has 0 saturated heterocycles. The fourth-order valence-corrected chi connectivity index (χ4v) is 4.28. The Bertz CT molecular complexity index is 761. The molecule has 2 aromatic carbocycles. The number of rotatable bonds is 11. The molecule has 1 unspecified atom stereocenters. The van der Waals surface area contributed by atoms with Crippen molar-refractivity contribution in [1.29, 1.82) is 5.26 Å². The maximum Gasteiger partial charge on any atom is 0.123 e. The van der Waals surface area contributed by atoms with Crippen LogP contribution in [-0.4, -0.2) is 24.5 Å². The van der Waals surface area contributed by atoms with Gasteiger partial charge < -0.3 is 4.90 Å². The highest BCUT2D eigenvalue weighted by Gasteiger charge is 2.46. The minimum atomic E-state index is -0.453. The fraction of sp³-hybridized carbons (Fsp3) is 0.480. The average Bonchev–Trinajstić information content (AvgIpc) is 3.57. The molecule has 0 aromatic heterocycles. The van der Waals surface area contributed by atoms with Crippen LogP contribution in [0, 0.1) is 23.1 Å². The van der Waals surface area contributed by atoms with E-state index in [1.807, 2.05) is 12.1 Å². The smallest absolute Gasteiger partial charge is 0.123 e. The molecule has 28 heavy (non-hydrogen) atoms. The Morgan fingerprint density at radius 2 is 1.75 bits per heavy atom. The van der Waals surface area contributed by atoms with Crippen molar-refractivity contribution in [3.63, 3.8) is 0 Å². The molecule has 1 saturated carbocycles. The lowest BCUT2D eigenvalue weighted by molar-refractivity contribution is 0.260. The molecule has 0 radical (unpaired) electrons. The zero-order valence-corrected chi connectivity index (χ0v) is 16.9. The van der Waals surface area contributed by atoms with Gasteiger partial charge in [-0.3, -0.25) is 0 Å². The van der Waals surface area contributed by atoms with Gasteiger partial charge in [0.25, 0.3) is 0 Å². The summed E-state index contributed by atoms with van der Waals surface area (Å²) < 4.78 is 13.4. The molecule has 0 amide bonds. The van der Waals surface area contributed by atoms with Gasteiger partial charge in [0.2, 0.25) is 0 Å². The quantitative estimate of drug-likeness (QED) is 0.499. The molecule has 2 aromatic rings. The second-order valence-corrected chi connectivity index (χ2v) is 8.05. The molecule has 1 atom stereocenters. The van der Waals surface area contributed by atoms with Crippen LogP contribution in [0.25, 0.3) is 0 Å². The highest BCUT2D eigenvalue weighted by atomic mass is 19.1. The van der Waals surface area contributed by atoms with E-state index in [0.29, 0.717) is 5.92 Å². The van der Waals surface area contributed by atoms with E-state index >= 15 is 0 Å². The lowest BCUT2D eigenvalue weighted by atomic mass is 9.74. The molecule has 148 valence electrons. The van der Waals surface area contributed by atoms with Gasteiger partial charge in [-0.1, -0.05) is 49.4 Å². The number of benzene rings is 2. The minimum Gasteiger partial charge on any atom is -0.303 e. The van der Waals surface area contributed by atoms with Crippen molar-refractivity contribution in [3.8, 4) is 6.07 Å². The normalized spacial score (nSPS) is 15.9. The topological polar surface area (TPSA) is 27.0 Å². The molecule has 1 aliphatic carbocycles. The molecule has 0 aliphatic heterocycles. The zero-order valence-electron chi connectivity index (χ0n) is 16.9. The van der Waals surface area contributed by atoms with E-state index < -0.39 is 5.41 Å². The van der Waals surface area contributed by atoms with Gasteiger partial charge in [-0.15, -0.1) is 0 Å². The second-order valence-electron chi connectivity index (χ2n) is 8.05. The van der Waals surface area contributed by atoms with Crippen molar-refractivity contribution in [1.82, 2.24) is 4.90 Å². The van der Waals surface area contributed by atoms with Crippen LogP contribution in [0.2, 0.25) is 0 Å². The van der Waals surface area contributed by atoms with Crippen molar-refractivity contribution < 1.29 is 4.39 Å². The Hall–Kier alpha value is -2.18. The van der Waals surface area contributed by atoms with E-state index in [9.17, 15) is 9.65 Å². The summed E-state index contributed by atoms with van der Waals surface area (Å²) in [5.74, 6) is 0.188. The maximum atomic E-state index is 13.4. The summed E-state index contributed by atoms with van der Waals surface area (Å²) in [6.45, 7) is 5.37. The fourth-order valence-electron chi connectivity index (χ4n) is 4.28. The van der Waals surface area contributed by atoms with Gasteiger partial charge >= 0.3 is 0 Å². The summed E-state index contributed by atoms with van der Waals surface area (Å²) in [7, 11) is 0. The van der Waals surface area contributed by atoms with Gasteiger partial charge in [-0.2, -0.15) is 5.26 Å². The molecule has 2 nitrogen and oxygen atoms in total. The molecule has 1 fully saturated rings. The number of nitrogens with zero attached hydrogens (tertiary/aromatic N) is 2. The van der Waals surface area contributed by atoms with Gasteiger partial charge in [0, 0.05) is 6.54 Å². The molecular weight excluding hydrogens is 347 g/mol. The molecule has 0 heterocycles. The molecular formula is C25H31FN2. The molecule has 3 heteroatoms. The van der Waals surface area contributed by atoms with Gasteiger partial charge in [-0.05, 0) is 80.8 Å². The van der Waals surface area contributed by atoms with Crippen molar-refractivity contribution in [3.05, 3.63) is 71.5 Å². The first-order valence-corrected chi connectivity index (χ1v) is 10.6. The highest BCUT2D eigenvalue weighted by molar-refractivity contribution is 5.35. The molecule has 1 aliphatic rings. The van der Waals surface area contributed by atoms with Crippen LogP contribution in [0.15, 0.2) is 54.6 Å². The van der Waals surface area contributed by atoms with E-state index in [2.05, 4.69) is 48.2 Å². The summed E-state index contributed by atoms with van der Waals surface area (Å²) in [6, 6.07) is 19.9. The molecule has 0 spiro atoms. The Morgan fingerprint density at radius 1 is 1.04 bits per heavy atom. The Labute approximate surface area is 169 Å². The number of hydrogen-bond donors (Lipinski definition) is 0. The standard InChI is InChI=1S/C25H31FN2/c1-2-17-28(19-15-21-7-4-3-5-8-21)18-6-16-25(20-27,22-9-10-22)23-11-13-24(26)14-12-23/h3-5,7-8,11-14,22H,2,6,9-10,15-19H2,1H3. The van der Waals surface area contributed by atoms with Gasteiger partial charge in [0.15, 0.2) is 0 Å². The predicted octanol–water partition coefficient (Wildman–Crippen LogP) is 5.73. The summed E-state index contributed by atoms with van der Waals surface area (Å²) in [5, 5.41) is 10.1. The monoisotopic (exact) mass is 378 g/mol. The van der Waals surface area contributed by atoms with E-state index in [0.717, 1.165) is 63.7 Å². The third-order valence-electron chi connectivity index (χ3n) is 5.98. The van der Waals surface area contributed by atoms with Gasteiger partial charge in [-0.25, -0.2) is 4.39 Å². The molecule has 0 N–H and O–H groups in total. The van der Waals surface area contributed by atoms with Crippen LogP contribution >= 0.6 is 0 Å². The van der Waals surface area contributed by atoms with Crippen molar-refractivity contribution in [2.45, 2.75) is 50.9 Å². The summed E-state index contributed by atoms with van der Waals surface area (Å²) in [5.41, 5.74) is 1.91. The van der Waals surface area contributed by atoms with Crippen molar-refractivity contribution in [2.75, 3.05) is 19.6 Å². The Balaban J connectivity index is 1.60. The van der Waals surface area contributed by atoms with Crippen LogP contribution in [0.3, 0.4) is 0 Å². The summed E-state index contributed by atoms with van der Waals surface area (Å²) >= 11 is 0. The molecule has 3 rings (SSSR count). The highest BCUT2D eigenvalue weighted by Crippen LogP contribution is 2.49. The molecule has 0 bridgehead atoms. The third-order valence-corrected chi connectivity index (χ3v) is 5.98. The van der Waals surface area contributed by atoms with Crippen molar-refractivity contribution in [2.24, 2.45) is 5.92 Å². The van der Waals surface area contributed by atoms with Crippen LogP contribution in [0.5, 0.6) is 0 Å². The lowest BCUT2D eigenvalue weighted by Gasteiger charge is -2.29. The van der Waals surface area contributed by atoms with E-state index in [-0.39, 0.29) is 5.82 Å². The number of hydrogen-bond acceptors (Lipinski definition) is 2. The maximum absolute atomic E-state index is 13.4.